The van der Waals surface area contributed by atoms with Gasteiger partial charge in [-0.1, -0.05) is 20.8 Å². The van der Waals surface area contributed by atoms with Gasteiger partial charge in [0, 0.05) is 12.1 Å². The normalized spacial score (nSPS) is 15.2. The van der Waals surface area contributed by atoms with Crippen LogP contribution in [0.25, 0.3) is 0 Å². The molecule has 0 heterocycles. The van der Waals surface area contributed by atoms with E-state index in [0.29, 0.717) is 12.1 Å². The standard InChI is InChI=1S/C12H15F3O/c1-6(2)7(3)12(16)11-9(14)4-8(13)5-10(11)15/h4-7,12,16H,1-3H3. The highest BCUT2D eigenvalue weighted by atomic mass is 19.1. The van der Waals surface area contributed by atoms with Crippen molar-refractivity contribution in [1.82, 2.24) is 0 Å². The first kappa shape index (κ1) is 13.0. The highest BCUT2D eigenvalue weighted by Crippen LogP contribution is 2.31. The van der Waals surface area contributed by atoms with E-state index in [1.807, 2.05) is 13.8 Å². The lowest BCUT2D eigenvalue weighted by Gasteiger charge is -2.23. The second kappa shape index (κ2) is 4.87. The van der Waals surface area contributed by atoms with Gasteiger partial charge < -0.3 is 5.11 Å². The van der Waals surface area contributed by atoms with E-state index in [4.69, 9.17) is 0 Å². The zero-order chi connectivity index (χ0) is 12.5. The van der Waals surface area contributed by atoms with Crippen molar-refractivity contribution in [2.45, 2.75) is 26.9 Å². The molecule has 1 rings (SSSR count). The van der Waals surface area contributed by atoms with Crippen molar-refractivity contribution < 1.29 is 18.3 Å². The molecular formula is C12H15F3O. The van der Waals surface area contributed by atoms with Crippen molar-refractivity contribution in [2.75, 3.05) is 0 Å². The van der Waals surface area contributed by atoms with Crippen LogP contribution in [0, 0.1) is 29.3 Å². The molecule has 16 heavy (non-hydrogen) atoms. The smallest absolute Gasteiger partial charge is 0.134 e. The van der Waals surface area contributed by atoms with Crippen LogP contribution in [-0.4, -0.2) is 5.11 Å². The van der Waals surface area contributed by atoms with Crippen molar-refractivity contribution >= 4 is 0 Å². The van der Waals surface area contributed by atoms with Crippen LogP contribution in [-0.2, 0) is 0 Å². The number of hydrogen-bond donors (Lipinski definition) is 1. The number of aliphatic hydroxyl groups excluding tert-OH is 1. The van der Waals surface area contributed by atoms with Gasteiger partial charge in [0.25, 0.3) is 0 Å². The van der Waals surface area contributed by atoms with Crippen LogP contribution in [0.2, 0.25) is 0 Å². The molecule has 2 unspecified atom stereocenters. The predicted molar refractivity (Wildman–Crippen MR) is 55.3 cm³/mol. The maximum Gasteiger partial charge on any atom is 0.134 e. The van der Waals surface area contributed by atoms with Crippen LogP contribution < -0.4 is 0 Å². The summed E-state index contributed by atoms with van der Waals surface area (Å²) in [6.07, 6.45) is -1.26. The quantitative estimate of drug-likeness (QED) is 0.846. The van der Waals surface area contributed by atoms with E-state index in [-0.39, 0.29) is 11.8 Å². The van der Waals surface area contributed by atoms with Crippen molar-refractivity contribution in [3.05, 3.63) is 35.1 Å². The third kappa shape index (κ3) is 2.55. The summed E-state index contributed by atoms with van der Waals surface area (Å²) >= 11 is 0. The molecule has 2 atom stereocenters. The molecule has 1 aromatic rings. The van der Waals surface area contributed by atoms with E-state index in [1.54, 1.807) is 6.92 Å². The van der Waals surface area contributed by atoms with Crippen molar-refractivity contribution in [1.29, 1.82) is 0 Å². The lowest BCUT2D eigenvalue weighted by molar-refractivity contribution is 0.0849. The molecule has 0 saturated carbocycles. The molecule has 0 fully saturated rings. The highest BCUT2D eigenvalue weighted by Gasteiger charge is 2.26. The van der Waals surface area contributed by atoms with Crippen LogP contribution in [0.15, 0.2) is 12.1 Å². The maximum absolute atomic E-state index is 13.3. The van der Waals surface area contributed by atoms with E-state index in [0.717, 1.165) is 0 Å². The fourth-order valence-corrected chi connectivity index (χ4v) is 1.46. The first-order valence-corrected chi connectivity index (χ1v) is 5.17. The number of benzene rings is 1. The SMILES string of the molecule is CC(C)C(C)C(O)c1c(F)cc(F)cc1F. The first-order valence-electron chi connectivity index (χ1n) is 5.17. The van der Waals surface area contributed by atoms with E-state index in [1.165, 1.54) is 0 Å². The second-order valence-corrected chi connectivity index (χ2v) is 4.33. The third-order valence-corrected chi connectivity index (χ3v) is 2.89. The Bertz CT molecular complexity index is 354. The topological polar surface area (TPSA) is 20.2 Å². The Hall–Kier alpha value is -1.03. The molecule has 0 radical (unpaired) electrons. The number of hydrogen-bond acceptors (Lipinski definition) is 1. The summed E-state index contributed by atoms with van der Waals surface area (Å²) in [6, 6.07) is 1.16. The Morgan fingerprint density at radius 3 is 1.81 bits per heavy atom. The Morgan fingerprint density at radius 2 is 1.44 bits per heavy atom. The maximum atomic E-state index is 13.3. The van der Waals surface area contributed by atoms with E-state index < -0.39 is 29.1 Å². The molecule has 1 aromatic carbocycles. The molecule has 0 aliphatic rings. The minimum absolute atomic E-state index is 0.0684. The molecule has 0 spiro atoms. The fourth-order valence-electron chi connectivity index (χ4n) is 1.46. The lowest BCUT2D eigenvalue weighted by atomic mass is 9.88. The lowest BCUT2D eigenvalue weighted by Crippen LogP contribution is -2.17. The summed E-state index contributed by atoms with van der Waals surface area (Å²) in [5.74, 6) is -3.31. The Morgan fingerprint density at radius 1 is 1.00 bits per heavy atom. The van der Waals surface area contributed by atoms with Gasteiger partial charge in [-0.25, -0.2) is 13.2 Å². The van der Waals surface area contributed by atoms with Crippen molar-refractivity contribution in [3.63, 3.8) is 0 Å². The minimum atomic E-state index is -1.26. The molecular weight excluding hydrogens is 217 g/mol. The summed E-state index contributed by atoms with van der Waals surface area (Å²) in [5, 5.41) is 9.81. The second-order valence-electron chi connectivity index (χ2n) is 4.33. The van der Waals surface area contributed by atoms with Crippen LogP contribution in [0.5, 0.6) is 0 Å². The average Bonchev–Trinajstić information content (AvgIpc) is 2.14. The molecule has 0 bridgehead atoms. The number of halogens is 3. The molecule has 0 aliphatic heterocycles. The summed E-state index contributed by atoms with van der Waals surface area (Å²) in [4.78, 5) is 0. The van der Waals surface area contributed by atoms with Crippen molar-refractivity contribution in [3.8, 4) is 0 Å². The zero-order valence-electron chi connectivity index (χ0n) is 9.47. The molecule has 0 aliphatic carbocycles. The van der Waals surface area contributed by atoms with Gasteiger partial charge in [0.15, 0.2) is 0 Å². The Balaban J connectivity index is 3.13. The van der Waals surface area contributed by atoms with E-state index in [2.05, 4.69) is 0 Å². The summed E-state index contributed by atoms with van der Waals surface area (Å²) in [6.45, 7) is 5.37. The van der Waals surface area contributed by atoms with E-state index in [9.17, 15) is 18.3 Å². The summed E-state index contributed by atoms with van der Waals surface area (Å²) < 4.78 is 39.4. The molecule has 90 valence electrons. The van der Waals surface area contributed by atoms with Gasteiger partial charge in [-0.05, 0) is 11.8 Å². The van der Waals surface area contributed by atoms with Crippen LogP contribution in [0.1, 0.15) is 32.4 Å². The van der Waals surface area contributed by atoms with Crippen LogP contribution in [0.3, 0.4) is 0 Å². The van der Waals surface area contributed by atoms with Gasteiger partial charge in [-0.15, -0.1) is 0 Å². The summed E-state index contributed by atoms with van der Waals surface area (Å²) in [7, 11) is 0. The molecule has 0 saturated heterocycles. The third-order valence-electron chi connectivity index (χ3n) is 2.89. The summed E-state index contributed by atoms with van der Waals surface area (Å²) in [5.41, 5.74) is -0.456. The van der Waals surface area contributed by atoms with Gasteiger partial charge in [0.05, 0.1) is 11.7 Å². The molecule has 1 nitrogen and oxygen atoms in total. The minimum Gasteiger partial charge on any atom is -0.388 e. The van der Waals surface area contributed by atoms with Crippen LogP contribution in [0.4, 0.5) is 13.2 Å². The molecule has 0 aromatic heterocycles. The monoisotopic (exact) mass is 232 g/mol. The number of rotatable bonds is 3. The van der Waals surface area contributed by atoms with Gasteiger partial charge in [-0.3, -0.25) is 0 Å². The van der Waals surface area contributed by atoms with Crippen LogP contribution >= 0.6 is 0 Å². The zero-order valence-corrected chi connectivity index (χ0v) is 9.47. The fraction of sp³-hybridized carbons (Fsp3) is 0.500. The molecule has 0 amide bonds. The van der Waals surface area contributed by atoms with Crippen molar-refractivity contribution in [2.24, 2.45) is 11.8 Å². The Kier molecular flexibility index (Phi) is 3.97. The van der Waals surface area contributed by atoms with Gasteiger partial charge in [0.2, 0.25) is 0 Å². The average molecular weight is 232 g/mol. The van der Waals surface area contributed by atoms with Gasteiger partial charge >= 0.3 is 0 Å². The number of aliphatic hydroxyl groups is 1. The van der Waals surface area contributed by atoms with Gasteiger partial charge in [-0.2, -0.15) is 0 Å². The Labute approximate surface area is 92.9 Å². The largest absolute Gasteiger partial charge is 0.388 e. The first-order chi connectivity index (χ1) is 7.34. The van der Waals surface area contributed by atoms with Gasteiger partial charge in [0.1, 0.15) is 17.5 Å². The molecule has 1 N–H and O–H groups in total. The van der Waals surface area contributed by atoms with E-state index >= 15 is 0 Å². The predicted octanol–water partition coefficient (Wildman–Crippen LogP) is 3.43. The highest BCUT2D eigenvalue weighted by molar-refractivity contribution is 5.23. The molecule has 4 heteroatoms.